The van der Waals surface area contributed by atoms with Crippen LogP contribution in [0.25, 0.3) is 0 Å². The van der Waals surface area contributed by atoms with Crippen LogP contribution < -0.4 is 0 Å². The molecule has 3 heteroatoms. The van der Waals surface area contributed by atoms with Crippen molar-refractivity contribution >= 4 is 33.8 Å². The Hall–Kier alpha value is 1.18. The molecule has 0 aliphatic rings. The first-order valence-electron chi connectivity index (χ1n) is 5.42. The first-order chi connectivity index (χ1) is 6.13. The quantitative estimate of drug-likeness (QED) is 0.444. The Morgan fingerprint density at radius 2 is 1.15 bits per heavy atom. The standard InChI is InChI=1S/2C5H12N.Ca/c2*1-4-5-6(2)3;/h2*1,4-5H2,2-3H3;. The number of rotatable bonds is 8. The van der Waals surface area contributed by atoms with Crippen molar-refractivity contribution in [1.29, 1.82) is 0 Å². The third-order valence-corrected chi connectivity index (χ3v) is 5.33. The Bertz CT molecular complexity index is 93.1. The van der Waals surface area contributed by atoms with E-state index in [1.807, 2.05) is 0 Å². The summed E-state index contributed by atoms with van der Waals surface area (Å²) in [5.41, 5.74) is 0. The number of nitrogens with zero attached hydrogens (tertiary/aromatic N) is 2. The zero-order valence-electron chi connectivity index (χ0n) is 9.84. The summed E-state index contributed by atoms with van der Waals surface area (Å²) in [5, 5.41) is 0. The molecule has 0 aliphatic heterocycles. The molecule has 0 heterocycles. The maximum atomic E-state index is 2.29. The Labute approximate surface area is 102 Å². The monoisotopic (exact) mass is 212 g/mol. The molecule has 2 nitrogen and oxygen atoms in total. The van der Waals surface area contributed by atoms with E-state index >= 15 is 0 Å². The molecule has 0 unspecified atom stereocenters. The first-order valence-corrected chi connectivity index (χ1v) is 8.54. The van der Waals surface area contributed by atoms with E-state index < -0.39 is 0 Å². The Balaban J connectivity index is 2.92. The minimum absolute atomic E-state index is 0.124. The Kier molecular flexibility index (Phi) is 10.6. The molecule has 0 aromatic rings. The molecule has 0 N–H and O–H groups in total. The second-order valence-corrected chi connectivity index (χ2v) is 7.69. The van der Waals surface area contributed by atoms with Gasteiger partial charge in [0.15, 0.2) is 0 Å². The van der Waals surface area contributed by atoms with Crippen LogP contribution in [0.15, 0.2) is 0 Å². The van der Waals surface area contributed by atoms with Gasteiger partial charge in [0, 0.05) is 0 Å². The van der Waals surface area contributed by atoms with E-state index in [1.54, 1.807) is 5.04 Å². The third kappa shape index (κ3) is 13.2. The van der Waals surface area contributed by atoms with Gasteiger partial charge in [-0.1, -0.05) is 0 Å². The van der Waals surface area contributed by atoms with Crippen LogP contribution in [0.4, 0.5) is 0 Å². The van der Waals surface area contributed by atoms with Crippen LogP contribution >= 0.6 is 0 Å². The summed E-state index contributed by atoms with van der Waals surface area (Å²) in [6.45, 7) is 2.58. The zero-order valence-corrected chi connectivity index (χ0v) is 12.1. The molecule has 0 spiro atoms. The van der Waals surface area contributed by atoms with Crippen molar-refractivity contribution in [2.75, 3.05) is 41.3 Å². The molecule has 0 fully saturated rings. The van der Waals surface area contributed by atoms with Crippen LogP contribution in [0.1, 0.15) is 12.8 Å². The van der Waals surface area contributed by atoms with Crippen molar-refractivity contribution < 1.29 is 0 Å². The van der Waals surface area contributed by atoms with E-state index in [1.165, 1.54) is 25.9 Å². The molecule has 0 aromatic carbocycles. The molecule has 13 heavy (non-hydrogen) atoms. The van der Waals surface area contributed by atoms with Gasteiger partial charge in [-0.3, -0.25) is 0 Å². The third-order valence-electron chi connectivity index (χ3n) is 2.21. The average Bonchev–Trinajstić information content (AvgIpc) is 2.01. The van der Waals surface area contributed by atoms with Gasteiger partial charge in [0.25, 0.3) is 0 Å². The van der Waals surface area contributed by atoms with Crippen molar-refractivity contribution in [3.63, 3.8) is 0 Å². The van der Waals surface area contributed by atoms with Crippen molar-refractivity contribution in [2.24, 2.45) is 0 Å². The summed E-state index contributed by atoms with van der Waals surface area (Å²) in [4.78, 5) is 4.59. The fraction of sp³-hybridized carbons (Fsp3) is 1.00. The van der Waals surface area contributed by atoms with Gasteiger partial charge >= 0.3 is 103 Å². The van der Waals surface area contributed by atoms with Gasteiger partial charge in [-0.05, 0) is 0 Å². The summed E-state index contributed by atoms with van der Waals surface area (Å²) in [7, 11) is 8.66. The topological polar surface area (TPSA) is 6.48 Å². The first kappa shape index (κ1) is 14.2. The molecule has 0 aromatic heterocycles. The fourth-order valence-electron chi connectivity index (χ4n) is 1.39. The van der Waals surface area contributed by atoms with Crippen molar-refractivity contribution in [3.8, 4) is 0 Å². The van der Waals surface area contributed by atoms with Crippen LogP contribution in [0.5, 0.6) is 0 Å². The minimum atomic E-state index is -0.124. The second kappa shape index (κ2) is 9.72. The molecule has 76 valence electrons. The molecule has 0 amide bonds. The molecule has 0 aliphatic carbocycles. The predicted octanol–water partition coefficient (Wildman–Crippen LogP) is 1.43. The number of hydrogen-bond acceptors (Lipinski definition) is 2. The van der Waals surface area contributed by atoms with Crippen LogP contribution in [0.2, 0.25) is 5.04 Å². The van der Waals surface area contributed by atoms with E-state index in [0.717, 1.165) is 0 Å². The van der Waals surface area contributed by atoms with E-state index in [0.29, 0.717) is 0 Å². The van der Waals surface area contributed by atoms with Crippen molar-refractivity contribution in [1.82, 2.24) is 9.80 Å². The van der Waals surface area contributed by atoms with Crippen LogP contribution in [0, 0.1) is 0 Å². The Morgan fingerprint density at radius 1 is 0.769 bits per heavy atom. The SMILES string of the molecule is CN(C)CC[CH2][Ca][CH2]CCN(C)C. The maximum absolute atomic E-state index is 2.29. The van der Waals surface area contributed by atoms with Gasteiger partial charge < -0.3 is 0 Å². The average molecular weight is 212 g/mol. The summed E-state index contributed by atoms with van der Waals surface area (Å²) in [6.07, 6.45) is 2.88. The molecule has 0 rings (SSSR count). The fourth-order valence-corrected chi connectivity index (χ4v) is 3.74. The van der Waals surface area contributed by atoms with Crippen molar-refractivity contribution in [3.05, 3.63) is 0 Å². The molecule has 0 saturated carbocycles. The summed E-state index contributed by atoms with van der Waals surface area (Å²) >= 11 is -0.124. The van der Waals surface area contributed by atoms with Gasteiger partial charge in [-0.15, -0.1) is 0 Å². The second-order valence-electron chi connectivity index (χ2n) is 4.37. The van der Waals surface area contributed by atoms with Gasteiger partial charge in [-0.2, -0.15) is 0 Å². The number of hydrogen-bond donors (Lipinski definition) is 0. The van der Waals surface area contributed by atoms with E-state index in [2.05, 4.69) is 38.0 Å². The molecule has 0 atom stereocenters. The molecule has 0 radical (unpaired) electrons. The van der Waals surface area contributed by atoms with Crippen LogP contribution in [-0.2, 0) is 0 Å². The van der Waals surface area contributed by atoms with Gasteiger partial charge in [-0.25, -0.2) is 0 Å². The van der Waals surface area contributed by atoms with Gasteiger partial charge in [0.2, 0.25) is 0 Å². The summed E-state index contributed by atoms with van der Waals surface area (Å²) in [5.74, 6) is 0. The van der Waals surface area contributed by atoms with Crippen LogP contribution in [-0.4, -0.2) is 84.9 Å². The molecular weight excluding hydrogens is 188 g/mol. The zero-order chi connectivity index (χ0) is 10.1. The van der Waals surface area contributed by atoms with E-state index in [9.17, 15) is 0 Å². The van der Waals surface area contributed by atoms with Crippen molar-refractivity contribution in [2.45, 2.75) is 17.9 Å². The summed E-state index contributed by atoms with van der Waals surface area (Å²) < 4.78 is 3.16. The Morgan fingerprint density at radius 3 is 1.46 bits per heavy atom. The van der Waals surface area contributed by atoms with Crippen LogP contribution in [0.3, 0.4) is 0 Å². The molecular formula is C10H24CaN2. The van der Waals surface area contributed by atoms with E-state index in [4.69, 9.17) is 0 Å². The summed E-state index contributed by atoms with van der Waals surface area (Å²) in [6, 6.07) is 0. The van der Waals surface area contributed by atoms with Gasteiger partial charge in [0.05, 0.1) is 0 Å². The predicted molar refractivity (Wildman–Crippen MR) is 61.7 cm³/mol. The van der Waals surface area contributed by atoms with Gasteiger partial charge in [0.1, 0.15) is 0 Å². The molecule has 0 saturated heterocycles. The molecule has 0 bridgehead atoms. The van der Waals surface area contributed by atoms with E-state index in [-0.39, 0.29) is 33.8 Å². The normalized spacial score (nSPS) is 10.9.